The third-order valence-electron chi connectivity index (χ3n) is 4.06. The van der Waals surface area contributed by atoms with Gasteiger partial charge >= 0.3 is 0 Å². The number of carbonyl (C=O) groups excluding carboxylic acids is 1. The van der Waals surface area contributed by atoms with Gasteiger partial charge in [-0.3, -0.25) is 9.89 Å². The number of aryl methyl sites for hydroxylation is 1. The van der Waals surface area contributed by atoms with E-state index in [1.54, 1.807) is 12.0 Å². The minimum atomic E-state index is -0.207. The van der Waals surface area contributed by atoms with E-state index >= 15 is 0 Å². The highest BCUT2D eigenvalue weighted by atomic mass is 35.5. The molecule has 1 atom stereocenters. The number of ether oxygens (including phenoxy) is 1. The van der Waals surface area contributed by atoms with Crippen molar-refractivity contribution >= 4 is 18.3 Å². The van der Waals surface area contributed by atoms with Crippen molar-refractivity contribution in [2.75, 3.05) is 27.2 Å². The molecule has 2 aromatic rings. The smallest absolute Gasteiger partial charge is 0.224 e. The van der Waals surface area contributed by atoms with Crippen LogP contribution in [0, 0.1) is 0 Å². The summed E-state index contributed by atoms with van der Waals surface area (Å²) >= 11 is 0. The lowest BCUT2D eigenvalue weighted by atomic mass is 10.1. The molecule has 138 valence electrons. The first-order chi connectivity index (χ1) is 11.6. The molecule has 1 amide bonds. The van der Waals surface area contributed by atoms with Crippen LogP contribution in [0.4, 0.5) is 0 Å². The topological polar surface area (TPSA) is 84.2 Å². The third kappa shape index (κ3) is 6.49. The fraction of sp³-hybridized carbons (Fsp3) is 0.444. The minimum Gasteiger partial charge on any atom is -0.380 e. The number of aromatic nitrogens is 2. The SMILES string of the molecule is COC(CN)CC(=O)N(C)CCCc1cc(-c2ccccc2)n[nH]1.Cl. The Morgan fingerprint density at radius 2 is 2.08 bits per heavy atom. The van der Waals surface area contributed by atoms with Gasteiger partial charge in [-0.1, -0.05) is 30.3 Å². The lowest BCUT2D eigenvalue weighted by Gasteiger charge is -2.20. The van der Waals surface area contributed by atoms with E-state index < -0.39 is 0 Å². The highest BCUT2D eigenvalue weighted by Crippen LogP contribution is 2.17. The molecular formula is C18H27ClN4O2. The Morgan fingerprint density at radius 1 is 1.36 bits per heavy atom. The maximum Gasteiger partial charge on any atom is 0.224 e. The van der Waals surface area contributed by atoms with Gasteiger partial charge in [0.25, 0.3) is 0 Å². The van der Waals surface area contributed by atoms with E-state index in [4.69, 9.17) is 10.5 Å². The van der Waals surface area contributed by atoms with Gasteiger partial charge in [0.1, 0.15) is 0 Å². The maximum absolute atomic E-state index is 12.1. The number of carbonyl (C=O) groups is 1. The van der Waals surface area contributed by atoms with Crippen molar-refractivity contribution in [2.24, 2.45) is 5.73 Å². The first kappa shape index (κ1) is 21.2. The van der Waals surface area contributed by atoms with Gasteiger partial charge in [-0.05, 0) is 18.9 Å². The zero-order chi connectivity index (χ0) is 17.4. The Balaban J connectivity index is 0.00000312. The van der Waals surface area contributed by atoms with E-state index in [9.17, 15) is 4.79 Å². The summed E-state index contributed by atoms with van der Waals surface area (Å²) in [5.41, 5.74) is 8.67. The zero-order valence-electron chi connectivity index (χ0n) is 14.8. The number of nitrogens with two attached hydrogens (primary N) is 1. The summed E-state index contributed by atoms with van der Waals surface area (Å²) in [7, 11) is 3.39. The number of aromatic amines is 1. The number of H-pyrrole nitrogens is 1. The molecule has 1 unspecified atom stereocenters. The second-order valence-corrected chi connectivity index (χ2v) is 5.86. The molecule has 0 bridgehead atoms. The predicted molar refractivity (Wildman–Crippen MR) is 102 cm³/mol. The van der Waals surface area contributed by atoms with Crippen LogP contribution in [0.3, 0.4) is 0 Å². The number of halogens is 1. The molecule has 0 radical (unpaired) electrons. The van der Waals surface area contributed by atoms with Crippen LogP contribution >= 0.6 is 12.4 Å². The van der Waals surface area contributed by atoms with Crippen molar-refractivity contribution in [3.8, 4) is 11.3 Å². The van der Waals surface area contributed by atoms with Gasteiger partial charge in [0.15, 0.2) is 0 Å². The summed E-state index contributed by atoms with van der Waals surface area (Å²) < 4.78 is 5.15. The standard InChI is InChI=1S/C18H26N4O2.ClH/c1-22(18(23)12-16(13-19)24-2)10-6-9-15-11-17(21-20-15)14-7-4-3-5-8-14;/h3-5,7-8,11,16H,6,9-10,12-13,19H2,1-2H3,(H,20,21);1H. The average molecular weight is 367 g/mol. The summed E-state index contributed by atoms with van der Waals surface area (Å²) in [6.45, 7) is 1.05. The highest BCUT2D eigenvalue weighted by molar-refractivity contribution is 5.85. The van der Waals surface area contributed by atoms with Crippen molar-refractivity contribution in [3.63, 3.8) is 0 Å². The molecule has 7 heteroatoms. The molecule has 0 saturated carbocycles. The van der Waals surface area contributed by atoms with E-state index in [1.165, 1.54) is 0 Å². The van der Waals surface area contributed by atoms with Crippen molar-refractivity contribution in [1.82, 2.24) is 15.1 Å². The number of amides is 1. The molecule has 3 N–H and O–H groups in total. The number of benzene rings is 1. The van der Waals surface area contributed by atoms with Gasteiger partial charge in [0.05, 0.1) is 18.2 Å². The van der Waals surface area contributed by atoms with Crippen LogP contribution < -0.4 is 5.73 Å². The van der Waals surface area contributed by atoms with Gasteiger partial charge < -0.3 is 15.4 Å². The third-order valence-corrected chi connectivity index (χ3v) is 4.06. The molecule has 1 heterocycles. The number of hydrogen-bond donors (Lipinski definition) is 2. The van der Waals surface area contributed by atoms with Crippen molar-refractivity contribution in [1.29, 1.82) is 0 Å². The van der Waals surface area contributed by atoms with E-state index in [1.807, 2.05) is 37.4 Å². The van der Waals surface area contributed by atoms with Crippen LogP contribution in [0.5, 0.6) is 0 Å². The van der Waals surface area contributed by atoms with Gasteiger partial charge in [-0.2, -0.15) is 5.10 Å². The normalized spacial score (nSPS) is 11.6. The van der Waals surface area contributed by atoms with Gasteiger partial charge in [-0.25, -0.2) is 0 Å². The fourth-order valence-corrected chi connectivity index (χ4v) is 2.49. The molecule has 0 saturated heterocycles. The molecule has 0 aliphatic rings. The lowest BCUT2D eigenvalue weighted by Crippen LogP contribution is -2.34. The molecule has 1 aromatic carbocycles. The van der Waals surface area contributed by atoms with Gasteiger partial charge in [-0.15, -0.1) is 12.4 Å². The van der Waals surface area contributed by atoms with E-state index in [0.29, 0.717) is 19.5 Å². The Labute approximate surface area is 155 Å². The number of hydrogen-bond acceptors (Lipinski definition) is 4. The summed E-state index contributed by atoms with van der Waals surface area (Å²) in [5.74, 6) is 0.0573. The molecule has 0 aliphatic carbocycles. The fourth-order valence-electron chi connectivity index (χ4n) is 2.49. The second kappa shape index (κ2) is 10.9. The summed E-state index contributed by atoms with van der Waals surface area (Å²) in [5, 5.41) is 7.41. The minimum absolute atomic E-state index is 0. The summed E-state index contributed by atoms with van der Waals surface area (Å²) in [4.78, 5) is 13.8. The number of methoxy groups -OCH3 is 1. The summed E-state index contributed by atoms with van der Waals surface area (Å²) in [6.07, 6.45) is 1.84. The number of nitrogens with zero attached hydrogens (tertiary/aromatic N) is 2. The molecule has 6 nitrogen and oxygen atoms in total. The first-order valence-corrected chi connectivity index (χ1v) is 8.20. The van der Waals surface area contributed by atoms with Gasteiger partial charge in [0, 0.05) is 38.5 Å². The predicted octanol–water partition coefficient (Wildman–Crippen LogP) is 2.25. The number of rotatable bonds is 9. The monoisotopic (exact) mass is 366 g/mol. The van der Waals surface area contributed by atoms with E-state index in [0.717, 1.165) is 29.8 Å². The van der Waals surface area contributed by atoms with E-state index in [2.05, 4.69) is 16.3 Å². The van der Waals surface area contributed by atoms with Crippen LogP contribution in [0.1, 0.15) is 18.5 Å². The molecule has 0 spiro atoms. The van der Waals surface area contributed by atoms with Crippen LogP contribution in [0.15, 0.2) is 36.4 Å². The molecule has 0 fully saturated rings. The summed E-state index contributed by atoms with van der Waals surface area (Å²) in [6, 6.07) is 12.1. The Bertz CT molecular complexity index is 629. The van der Waals surface area contributed by atoms with E-state index in [-0.39, 0.29) is 24.4 Å². The highest BCUT2D eigenvalue weighted by Gasteiger charge is 2.15. The number of nitrogens with one attached hydrogen (secondary N) is 1. The largest absolute Gasteiger partial charge is 0.380 e. The average Bonchev–Trinajstić information content (AvgIpc) is 3.09. The van der Waals surface area contributed by atoms with Crippen LogP contribution in [-0.2, 0) is 16.0 Å². The Hall–Kier alpha value is -1.89. The van der Waals surface area contributed by atoms with Crippen molar-refractivity contribution in [2.45, 2.75) is 25.4 Å². The Morgan fingerprint density at radius 3 is 2.72 bits per heavy atom. The maximum atomic E-state index is 12.1. The zero-order valence-corrected chi connectivity index (χ0v) is 15.6. The quantitative estimate of drug-likeness (QED) is 0.712. The lowest BCUT2D eigenvalue weighted by molar-refractivity contribution is -0.132. The molecule has 1 aromatic heterocycles. The van der Waals surface area contributed by atoms with Crippen molar-refractivity contribution < 1.29 is 9.53 Å². The molecule has 0 aliphatic heterocycles. The first-order valence-electron chi connectivity index (χ1n) is 8.20. The second-order valence-electron chi connectivity index (χ2n) is 5.86. The van der Waals surface area contributed by atoms with Crippen LogP contribution in [0.2, 0.25) is 0 Å². The van der Waals surface area contributed by atoms with Crippen LogP contribution in [0.25, 0.3) is 11.3 Å². The molecular weight excluding hydrogens is 340 g/mol. The molecule has 2 rings (SSSR count). The Kier molecular flexibility index (Phi) is 9.20. The van der Waals surface area contributed by atoms with Crippen LogP contribution in [-0.4, -0.2) is 54.4 Å². The molecule has 25 heavy (non-hydrogen) atoms. The van der Waals surface area contributed by atoms with Gasteiger partial charge in [0.2, 0.25) is 5.91 Å². The van der Waals surface area contributed by atoms with Crippen molar-refractivity contribution in [3.05, 3.63) is 42.1 Å².